The van der Waals surface area contributed by atoms with Crippen molar-refractivity contribution in [3.63, 3.8) is 0 Å². The molecule has 0 saturated heterocycles. The molecule has 0 heterocycles. The van der Waals surface area contributed by atoms with Gasteiger partial charge in [0.05, 0.1) is 11.5 Å². The molecule has 4 N–H and O–H groups in total. The van der Waals surface area contributed by atoms with Crippen LogP contribution in [0.5, 0.6) is 0 Å². The Kier molecular flexibility index (Phi) is 3.88. The molecule has 1 amide bonds. The van der Waals surface area contributed by atoms with Crippen LogP contribution in [0.1, 0.15) is 34.6 Å². The number of carboxylic acid groups (broad SMARTS) is 1. The molecule has 0 spiro atoms. The molecule has 1 unspecified atom stereocenters. The Bertz CT molecular complexity index is 272. The Morgan fingerprint density at radius 1 is 1.27 bits per heavy atom. The van der Waals surface area contributed by atoms with Crippen molar-refractivity contribution in [3.05, 3.63) is 0 Å². The summed E-state index contributed by atoms with van der Waals surface area (Å²) in [5.41, 5.74) is 3.40. The lowest BCUT2D eigenvalue weighted by molar-refractivity contribution is -0.151. The fourth-order valence-electron chi connectivity index (χ4n) is 1.06. The lowest BCUT2D eigenvalue weighted by atomic mass is 9.74. The van der Waals surface area contributed by atoms with E-state index in [0.717, 1.165) is 0 Å². The molecule has 0 fully saturated rings. The molecule has 0 aromatic heterocycles. The van der Waals surface area contributed by atoms with E-state index in [0.29, 0.717) is 0 Å². The molecule has 88 valence electrons. The Hall–Kier alpha value is -1.10. The number of carboxylic acids is 1. The van der Waals surface area contributed by atoms with Crippen LogP contribution in [0, 0.1) is 5.41 Å². The quantitative estimate of drug-likeness (QED) is 0.618. The second kappa shape index (κ2) is 4.18. The molecule has 0 saturated carbocycles. The number of nitrogens with two attached hydrogens (primary N) is 1. The molecular weight excluding hydrogens is 196 g/mol. The summed E-state index contributed by atoms with van der Waals surface area (Å²) in [7, 11) is 0. The number of amides is 1. The Morgan fingerprint density at radius 2 is 1.67 bits per heavy atom. The first-order valence-corrected chi connectivity index (χ1v) is 4.83. The molecular formula is C10H20N2O3. The highest BCUT2D eigenvalue weighted by Crippen LogP contribution is 2.30. The van der Waals surface area contributed by atoms with Crippen LogP contribution < -0.4 is 11.1 Å². The van der Waals surface area contributed by atoms with E-state index < -0.39 is 28.9 Å². The van der Waals surface area contributed by atoms with E-state index in [-0.39, 0.29) is 0 Å². The number of nitrogens with one attached hydrogen (secondary N) is 1. The highest BCUT2D eigenvalue weighted by atomic mass is 16.4. The zero-order chi connectivity index (χ0) is 12.4. The van der Waals surface area contributed by atoms with Gasteiger partial charge in [-0.1, -0.05) is 0 Å². The molecule has 1 atom stereocenters. The highest BCUT2D eigenvalue weighted by Gasteiger charge is 2.44. The van der Waals surface area contributed by atoms with Gasteiger partial charge in [-0.15, -0.1) is 0 Å². The van der Waals surface area contributed by atoms with E-state index in [2.05, 4.69) is 5.32 Å². The van der Waals surface area contributed by atoms with E-state index in [4.69, 9.17) is 10.8 Å². The minimum atomic E-state index is -0.989. The average Bonchev–Trinajstić information content (AvgIpc) is 2.02. The molecule has 0 aliphatic heterocycles. The van der Waals surface area contributed by atoms with Gasteiger partial charge in [0, 0.05) is 5.54 Å². The Morgan fingerprint density at radius 3 is 1.93 bits per heavy atom. The van der Waals surface area contributed by atoms with Gasteiger partial charge in [-0.2, -0.15) is 0 Å². The van der Waals surface area contributed by atoms with E-state index in [1.807, 2.05) is 0 Å². The van der Waals surface area contributed by atoms with Gasteiger partial charge in [-0.25, -0.2) is 0 Å². The van der Waals surface area contributed by atoms with Crippen LogP contribution in [0.2, 0.25) is 0 Å². The van der Waals surface area contributed by atoms with Crippen molar-refractivity contribution in [2.45, 2.75) is 46.2 Å². The third-order valence-electron chi connectivity index (χ3n) is 3.10. The van der Waals surface area contributed by atoms with Gasteiger partial charge in [0.1, 0.15) is 0 Å². The van der Waals surface area contributed by atoms with Crippen LogP contribution in [0.4, 0.5) is 0 Å². The summed E-state index contributed by atoms with van der Waals surface area (Å²) < 4.78 is 0. The van der Waals surface area contributed by atoms with Gasteiger partial charge in [0.2, 0.25) is 5.91 Å². The number of rotatable bonds is 5. The number of primary amides is 1. The summed E-state index contributed by atoms with van der Waals surface area (Å²) in [6, 6.07) is -0.557. The molecule has 0 aromatic carbocycles. The van der Waals surface area contributed by atoms with Gasteiger partial charge >= 0.3 is 5.97 Å². The Labute approximate surface area is 90.0 Å². The number of aliphatic carboxylic acids is 1. The summed E-state index contributed by atoms with van der Waals surface area (Å²) in [4.78, 5) is 21.9. The molecule has 0 aliphatic rings. The van der Waals surface area contributed by atoms with Crippen molar-refractivity contribution in [1.82, 2.24) is 5.32 Å². The maximum absolute atomic E-state index is 11.1. The average molecular weight is 216 g/mol. The third kappa shape index (κ3) is 2.92. The predicted molar refractivity (Wildman–Crippen MR) is 57.3 cm³/mol. The standard InChI is InChI=1S/C10H20N2O3/c1-6(7(11)13)12-10(4,5)9(2,3)8(14)15/h6,12H,1-5H3,(H2,11,13)(H,14,15). The Balaban J connectivity index is 4.83. The molecule has 0 radical (unpaired) electrons. The topological polar surface area (TPSA) is 92.4 Å². The summed E-state index contributed by atoms with van der Waals surface area (Å²) in [5.74, 6) is -1.42. The van der Waals surface area contributed by atoms with Crippen molar-refractivity contribution in [1.29, 1.82) is 0 Å². The van der Waals surface area contributed by atoms with Crippen molar-refractivity contribution < 1.29 is 14.7 Å². The van der Waals surface area contributed by atoms with Crippen LogP contribution in [0.25, 0.3) is 0 Å². The first-order valence-electron chi connectivity index (χ1n) is 4.83. The first-order chi connectivity index (χ1) is 6.52. The molecule has 5 nitrogen and oxygen atoms in total. The number of hydrogen-bond donors (Lipinski definition) is 3. The minimum absolute atomic E-state index is 0.496. The van der Waals surface area contributed by atoms with Crippen LogP contribution in [-0.4, -0.2) is 28.6 Å². The predicted octanol–water partition coefficient (Wildman–Crippen LogP) is 0.339. The van der Waals surface area contributed by atoms with Gasteiger partial charge in [0.25, 0.3) is 0 Å². The zero-order valence-electron chi connectivity index (χ0n) is 9.92. The number of carbonyl (C=O) groups is 2. The number of hydrogen-bond acceptors (Lipinski definition) is 3. The molecule has 5 heteroatoms. The maximum Gasteiger partial charge on any atom is 0.310 e. The minimum Gasteiger partial charge on any atom is -0.481 e. The van der Waals surface area contributed by atoms with Crippen molar-refractivity contribution in [3.8, 4) is 0 Å². The summed E-state index contributed by atoms with van der Waals surface area (Å²) in [5, 5.41) is 12.0. The van der Waals surface area contributed by atoms with Gasteiger partial charge in [0.15, 0.2) is 0 Å². The smallest absolute Gasteiger partial charge is 0.310 e. The zero-order valence-corrected chi connectivity index (χ0v) is 9.92. The van der Waals surface area contributed by atoms with Crippen LogP contribution in [-0.2, 0) is 9.59 Å². The molecule has 0 aromatic rings. The fraction of sp³-hybridized carbons (Fsp3) is 0.800. The van der Waals surface area contributed by atoms with E-state index in [9.17, 15) is 9.59 Å². The van der Waals surface area contributed by atoms with Gasteiger partial charge in [-0.3, -0.25) is 14.9 Å². The third-order valence-corrected chi connectivity index (χ3v) is 3.10. The summed E-state index contributed by atoms with van der Waals surface area (Å²) in [6.45, 7) is 8.30. The second-order valence-corrected chi connectivity index (χ2v) is 4.82. The van der Waals surface area contributed by atoms with Crippen LogP contribution >= 0.6 is 0 Å². The van der Waals surface area contributed by atoms with E-state index in [1.165, 1.54) is 0 Å². The summed E-state index contributed by atoms with van der Waals surface area (Å²) >= 11 is 0. The van der Waals surface area contributed by atoms with Crippen LogP contribution in [0.15, 0.2) is 0 Å². The molecule has 15 heavy (non-hydrogen) atoms. The maximum atomic E-state index is 11.1. The van der Waals surface area contributed by atoms with Crippen LogP contribution in [0.3, 0.4) is 0 Å². The lowest BCUT2D eigenvalue weighted by Crippen LogP contribution is -2.59. The summed E-state index contributed by atoms with van der Waals surface area (Å²) in [6.07, 6.45) is 0. The fourth-order valence-corrected chi connectivity index (χ4v) is 1.06. The largest absolute Gasteiger partial charge is 0.481 e. The van der Waals surface area contributed by atoms with Crippen molar-refractivity contribution in [2.75, 3.05) is 0 Å². The van der Waals surface area contributed by atoms with Gasteiger partial charge in [-0.05, 0) is 34.6 Å². The van der Waals surface area contributed by atoms with Crippen molar-refractivity contribution in [2.24, 2.45) is 11.1 Å². The van der Waals surface area contributed by atoms with Gasteiger partial charge < -0.3 is 10.8 Å². The van der Waals surface area contributed by atoms with E-state index in [1.54, 1.807) is 34.6 Å². The SMILES string of the molecule is CC(NC(C)(C)C(C)(C)C(=O)O)C(N)=O. The normalized spacial score (nSPS) is 14.7. The first kappa shape index (κ1) is 13.9. The molecule has 0 bridgehead atoms. The highest BCUT2D eigenvalue weighted by molar-refractivity contribution is 5.80. The monoisotopic (exact) mass is 216 g/mol. The number of carbonyl (C=O) groups excluding carboxylic acids is 1. The van der Waals surface area contributed by atoms with E-state index >= 15 is 0 Å². The second-order valence-electron chi connectivity index (χ2n) is 4.82. The molecule has 0 rings (SSSR count). The lowest BCUT2D eigenvalue weighted by Gasteiger charge is -2.40. The molecule has 0 aliphatic carbocycles. The van der Waals surface area contributed by atoms with Crippen molar-refractivity contribution >= 4 is 11.9 Å².